The summed E-state index contributed by atoms with van der Waals surface area (Å²) in [6.45, 7) is 2.06. The fourth-order valence-corrected chi connectivity index (χ4v) is 3.48. The maximum Gasteiger partial charge on any atom is 0.257 e. The van der Waals surface area contributed by atoms with E-state index in [0.717, 1.165) is 6.54 Å². The van der Waals surface area contributed by atoms with Crippen LogP contribution in [-0.2, 0) is 0 Å². The summed E-state index contributed by atoms with van der Waals surface area (Å²) in [6.07, 6.45) is 3.74. The second kappa shape index (κ2) is 6.67. The predicted octanol–water partition coefficient (Wildman–Crippen LogP) is 1.97. The van der Waals surface area contributed by atoms with Crippen molar-refractivity contribution >= 4 is 11.9 Å². The molecule has 3 heterocycles. The van der Waals surface area contributed by atoms with Crippen LogP contribution in [-0.4, -0.2) is 54.6 Å². The van der Waals surface area contributed by atoms with E-state index in [4.69, 9.17) is 9.47 Å². The molecule has 7 nitrogen and oxygen atoms in total. The second-order valence-corrected chi connectivity index (χ2v) is 6.34. The highest BCUT2D eigenvalue weighted by Crippen LogP contribution is 2.33. The molecular formula is C19H20N4O3. The van der Waals surface area contributed by atoms with Gasteiger partial charge in [0.05, 0.1) is 19.8 Å². The predicted molar refractivity (Wildman–Crippen MR) is 96.4 cm³/mol. The minimum absolute atomic E-state index is 0.00179. The van der Waals surface area contributed by atoms with Crippen molar-refractivity contribution in [2.45, 2.75) is 0 Å². The van der Waals surface area contributed by atoms with Gasteiger partial charge in [0.1, 0.15) is 5.75 Å². The summed E-state index contributed by atoms with van der Waals surface area (Å²) in [4.78, 5) is 25.4. The highest BCUT2D eigenvalue weighted by Gasteiger charge is 2.37. The van der Waals surface area contributed by atoms with Crippen molar-refractivity contribution in [1.82, 2.24) is 14.9 Å². The van der Waals surface area contributed by atoms with Gasteiger partial charge >= 0.3 is 0 Å². The Morgan fingerprint density at radius 2 is 2.00 bits per heavy atom. The van der Waals surface area contributed by atoms with Crippen LogP contribution in [0.4, 0.5) is 5.95 Å². The number of amides is 1. The van der Waals surface area contributed by atoms with Gasteiger partial charge in [0.2, 0.25) is 11.8 Å². The number of nitrogens with zero attached hydrogens (tertiary/aromatic N) is 4. The molecule has 2 aliphatic heterocycles. The molecule has 1 unspecified atom stereocenters. The van der Waals surface area contributed by atoms with Crippen molar-refractivity contribution in [3.8, 4) is 11.6 Å². The molecule has 0 saturated carbocycles. The van der Waals surface area contributed by atoms with Crippen molar-refractivity contribution < 1.29 is 14.3 Å². The van der Waals surface area contributed by atoms with E-state index in [0.29, 0.717) is 42.1 Å². The van der Waals surface area contributed by atoms with Crippen molar-refractivity contribution in [1.29, 1.82) is 0 Å². The minimum atomic E-state index is 0.00179. The van der Waals surface area contributed by atoms with E-state index in [1.165, 1.54) is 5.57 Å². The Kier molecular flexibility index (Phi) is 4.20. The first-order valence-corrected chi connectivity index (χ1v) is 8.46. The lowest BCUT2D eigenvalue weighted by Gasteiger charge is -2.20. The summed E-state index contributed by atoms with van der Waals surface area (Å²) in [5.41, 5.74) is 1.82. The van der Waals surface area contributed by atoms with Crippen molar-refractivity contribution in [2.24, 2.45) is 5.92 Å². The molecule has 0 bridgehead atoms. The van der Waals surface area contributed by atoms with Gasteiger partial charge in [-0.2, -0.15) is 4.98 Å². The van der Waals surface area contributed by atoms with Gasteiger partial charge in [0.15, 0.2) is 0 Å². The van der Waals surface area contributed by atoms with Gasteiger partial charge in [-0.15, -0.1) is 0 Å². The third-order valence-electron chi connectivity index (χ3n) is 4.79. The summed E-state index contributed by atoms with van der Waals surface area (Å²) in [5, 5.41) is 0. The summed E-state index contributed by atoms with van der Waals surface area (Å²) in [7, 11) is 3.17. The Hall–Kier alpha value is -3.09. The lowest BCUT2D eigenvalue weighted by Crippen LogP contribution is -2.31. The van der Waals surface area contributed by atoms with Crippen LogP contribution in [0.15, 0.2) is 48.3 Å². The average Bonchev–Trinajstić information content (AvgIpc) is 3.26. The smallest absolute Gasteiger partial charge is 0.257 e. The molecule has 4 rings (SSSR count). The van der Waals surface area contributed by atoms with E-state index in [9.17, 15) is 4.79 Å². The first-order valence-electron chi connectivity index (χ1n) is 8.46. The lowest BCUT2D eigenvalue weighted by atomic mass is 10.1. The Labute approximate surface area is 151 Å². The summed E-state index contributed by atoms with van der Waals surface area (Å²) < 4.78 is 10.5. The van der Waals surface area contributed by atoms with Crippen LogP contribution in [0.1, 0.15) is 10.4 Å². The SMILES string of the molecule is COc1ccnc(N2C=C3CN(C(=O)c4ccccc4OC)CC3C2)n1. The van der Waals surface area contributed by atoms with E-state index >= 15 is 0 Å². The lowest BCUT2D eigenvalue weighted by molar-refractivity contribution is 0.0785. The number of benzene rings is 1. The number of ether oxygens (including phenoxy) is 2. The molecule has 0 N–H and O–H groups in total. The number of likely N-dealkylation sites (tertiary alicyclic amines) is 1. The molecule has 0 aliphatic carbocycles. The molecule has 2 aromatic rings. The molecule has 1 aromatic carbocycles. The highest BCUT2D eigenvalue weighted by atomic mass is 16.5. The van der Waals surface area contributed by atoms with Gasteiger partial charge in [0.25, 0.3) is 5.91 Å². The molecule has 1 atom stereocenters. The highest BCUT2D eigenvalue weighted by molar-refractivity contribution is 5.97. The number of rotatable bonds is 4. The zero-order chi connectivity index (χ0) is 18.1. The first kappa shape index (κ1) is 16.4. The number of fused-ring (bicyclic) bond motifs is 1. The number of hydrogen-bond acceptors (Lipinski definition) is 6. The number of hydrogen-bond donors (Lipinski definition) is 0. The molecule has 1 aromatic heterocycles. The minimum Gasteiger partial charge on any atom is -0.496 e. The fourth-order valence-electron chi connectivity index (χ4n) is 3.48. The van der Waals surface area contributed by atoms with Gasteiger partial charge < -0.3 is 19.3 Å². The molecule has 2 aliphatic rings. The maximum atomic E-state index is 12.9. The summed E-state index contributed by atoms with van der Waals surface area (Å²) in [5.74, 6) is 2.06. The van der Waals surface area contributed by atoms with Gasteiger partial charge in [-0.25, -0.2) is 4.98 Å². The number of carbonyl (C=O) groups excluding carboxylic acids is 1. The number of para-hydroxylation sites is 1. The van der Waals surface area contributed by atoms with Crippen LogP contribution in [0.5, 0.6) is 11.6 Å². The Morgan fingerprint density at radius 1 is 1.15 bits per heavy atom. The molecule has 1 amide bonds. The third kappa shape index (κ3) is 2.85. The summed E-state index contributed by atoms with van der Waals surface area (Å²) in [6, 6.07) is 9.06. The molecular weight excluding hydrogens is 332 g/mol. The van der Waals surface area contributed by atoms with Gasteiger partial charge in [-0.3, -0.25) is 4.79 Å². The molecule has 1 saturated heterocycles. The van der Waals surface area contributed by atoms with Gasteiger partial charge in [-0.1, -0.05) is 12.1 Å². The largest absolute Gasteiger partial charge is 0.496 e. The van der Waals surface area contributed by atoms with Crippen molar-refractivity contribution in [2.75, 3.05) is 38.8 Å². The number of methoxy groups -OCH3 is 2. The van der Waals surface area contributed by atoms with Crippen LogP contribution in [0, 0.1) is 5.92 Å². The molecule has 0 spiro atoms. The van der Waals surface area contributed by atoms with E-state index in [1.54, 1.807) is 32.5 Å². The van der Waals surface area contributed by atoms with E-state index in [-0.39, 0.29) is 5.91 Å². The molecule has 0 radical (unpaired) electrons. The van der Waals surface area contributed by atoms with Crippen LogP contribution in [0.3, 0.4) is 0 Å². The van der Waals surface area contributed by atoms with Crippen molar-refractivity contribution in [3.63, 3.8) is 0 Å². The fraction of sp³-hybridized carbons (Fsp3) is 0.316. The standard InChI is InChI=1S/C19H20N4O3/c1-25-16-6-4-3-5-15(16)18(24)22-9-13-11-23(12-14(13)10-22)19-20-8-7-17(21-19)26-2/h3-8,11,14H,9-10,12H2,1-2H3. The number of aromatic nitrogens is 2. The molecule has 1 fully saturated rings. The average molecular weight is 352 g/mol. The van der Waals surface area contributed by atoms with E-state index < -0.39 is 0 Å². The topological polar surface area (TPSA) is 67.8 Å². The van der Waals surface area contributed by atoms with Gasteiger partial charge in [0, 0.05) is 44.0 Å². The Balaban J connectivity index is 1.50. The van der Waals surface area contributed by atoms with Crippen molar-refractivity contribution in [3.05, 3.63) is 53.9 Å². The number of anilines is 1. The van der Waals surface area contributed by atoms with Crippen LogP contribution >= 0.6 is 0 Å². The Morgan fingerprint density at radius 3 is 2.77 bits per heavy atom. The maximum absolute atomic E-state index is 12.9. The monoisotopic (exact) mass is 352 g/mol. The van der Waals surface area contributed by atoms with E-state index in [2.05, 4.69) is 16.2 Å². The van der Waals surface area contributed by atoms with Crippen LogP contribution in [0.25, 0.3) is 0 Å². The zero-order valence-corrected chi connectivity index (χ0v) is 14.8. The normalized spacial score (nSPS) is 18.5. The van der Waals surface area contributed by atoms with Gasteiger partial charge in [-0.05, 0) is 17.7 Å². The first-order chi connectivity index (χ1) is 12.7. The quantitative estimate of drug-likeness (QED) is 0.838. The molecule has 26 heavy (non-hydrogen) atoms. The van der Waals surface area contributed by atoms with Crippen LogP contribution < -0.4 is 14.4 Å². The Bertz CT molecular complexity index is 867. The summed E-state index contributed by atoms with van der Waals surface area (Å²) >= 11 is 0. The number of carbonyl (C=O) groups is 1. The molecule has 134 valence electrons. The second-order valence-electron chi connectivity index (χ2n) is 6.34. The van der Waals surface area contributed by atoms with Crippen LogP contribution in [0.2, 0.25) is 0 Å². The zero-order valence-electron chi connectivity index (χ0n) is 14.8. The third-order valence-corrected chi connectivity index (χ3v) is 4.79. The molecule has 7 heteroatoms. The van der Waals surface area contributed by atoms with E-state index in [1.807, 2.05) is 28.0 Å².